The molecule has 2 fully saturated rings. The summed E-state index contributed by atoms with van der Waals surface area (Å²) in [6.45, 7) is 3.50. The Morgan fingerprint density at radius 1 is 0.914 bits per heavy atom. The molecule has 1 atom stereocenters. The van der Waals surface area contributed by atoms with Crippen LogP contribution >= 0.6 is 23.2 Å². The predicted octanol–water partition coefficient (Wildman–Crippen LogP) is 5.09. The molecule has 35 heavy (non-hydrogen) atoms. The van der Waals surface area contributed by atoms with E-state index in [0.29, 0.717) is 11.4 Å². The van der Waals surface area contributed by atoms with Crippen LogP contribution in [0.3, 0.4) is 0 Å². The molecule has 6 rings (SSSR count). The highest BCUT2D eigenvalue weighted by Crippen LogP contribution is 2.41. The average Bonchev–Trinajstić information content (AvgIpc) is 3.44. The number of halogens is 2. The van der Waals surface area contributed by atoms with Crippen molar-refractivity contribution in [1.82, 2.24) is 19.8 Å². The van der Waals surface area contributed by atoms with Gasteiger partial charge in [-0.3, -0.25) is 9.69 Å². The van der Waals surface area contributed by atoms with Crippen LogP contribution in [0.15, 0.2) is 48.8 Å². The van der Waals surface area contributed by atoms with Crippen LogP contribution < -0.4 is 5.73 Å². The molecule has 2 aliphatic heterocycles. The fourth-order valence-corrected chi connectivity index (χ4v) is 6.26. The molecule has 0 unspecified atom stereocenters. The molecule has 182 valence electrons. The minimum absolute atomic E-state index is 0.0420. The van der Waals surface area contributed by atoms with Crippen LogP contribution in [0.4, 0.5) is 0 Å². The molecule has 0 saturated carbocycles. The Labute approximate surface area is 214 Å². The van der Waals surface area contributed by atoms with Crippen LogP contribution in [0, 0.1) is 0 Å². The van der Waals surface area contributed by atoms with Crippen molar-refractivity contribution in [2.45, 2.75) is 43.8 Å². The summed E-state index contributed by atoms with van der Waals surface area (Å²) in [7, 11) is 0. The molecule has 2 saturated heterocycles. The zero-order valence-electron chi connectivity index (χ0n) is 19.5. The van der Waals surface area contributed by atoms with E-state index in [0.717, 1.165) is 66.0 Å². The van der Waals surface area contributed by atoms with Gasteiger partial charge in [-0.2, -0.15) is 0 Å². The maximum atomic E-state index is 13.2. The van der Waals surface area contributed by atoms with Gasteiger partial charge in [0.05, 0.1) is 6.04 Å². The molecule has 2 aromatic carbocycles. The number of carbonyl (C=O) groups excluding carboxylic acids is 1. The van der Waals surface area contributed by atoms with Crippen molar-refractivity contribution in [2.75, 3.05) is 19.6 Å². The fourth-order valence-electron chi connectivity index (χ4n) is 5.92. The number of hydrogen-bond acceptors (Lipinski definition) is 3. The lowest BCUT2D eigenvalue weighted by Crippen LogP contribution is -2.64. The molecule has 4 aromatic rings. The van der Waals surface area contributed by atoms with Gasteiger partial charge in [0.2, 0.25) is 5.91 Å². The van der Waals surface area contributed by atoms with Crippen molar-refractivity contribution < 1.29 is 4.79 Å². The predicted molar refractivity (Wildman–Crippen MR) is 142 cm³/mol. The van der Waals surface area contributed by atoms with Gasteiger partial charge in [-0.15, -0.1) is 0 Å². The van der Waals surface area contributed by atoms with E-state index in [1.165, 1.54) is 17.4 Å². The highest BCUT2D eigenvalue weighted by atomic mass is 35.5. The van der Waals surface area contributed by atoms with Crippen LogP contribution in [0.1, 0.15) is 30.4 Å². The lowest BCUT2D eigenvalue weighted by atomic mass is 9.76. The highest BCUT2D eigenvalue weighted by molar-refractivity contribution is 6.31. The molecular weight excluding hydrogens is 481 g/mol. The Bertz CT molecular complexity index is 1400. The van der Waals surface area contributed by atoms with E-state index in [9.17, 15) is 4.79 Å². The number of H-pyrrole nitrogens is 2. The Kier molecular flexibility index (Phi) is 5.80. The van der Waals surface area contributed by atoms with E-state index in [1.54, 1.807) is 0 Å². The van der Waals surface area contributed by atoms with Gasteiger partial charge in [0.25, 0.3) is 0 Å². The molecule has 1 amide bonds. The van der Waals surface area contributed by atoms with Crippen LogP contribution in [-0.2, 0) is 17.8 Å². The number of likely N-dealkylation sites (tertiary alicyclic amines) is 2. The monoisotopic (exact) mass is 509 g/mol. The topological polar surface area (TPSA) is 81.2 Å². The zero-order valence-corrected chi connectivity index (χ0v) is 21.0. The second-order valence-electron chi connectivity index (χ2n) is 10.0. The van der Waals surface area contributed by atoms with Crippen molar-refractivity contribution in [3.63, 3.8) is 0 Å². The van der Waals surface area contributed by atoms with Crippen molar-refractivity contribution in [3.8, 4) is 0 Å². The number of fused-ring (bicyclic) bond motifs is 2. The van der Waals surface area contributed by atoms with Gasteiger partial charge in [-0.25, -0.2) is 0 Å². The smallest absolute Gasteiger partial charge is 0.239 e. The van der Waals surface area contributed by atoms with E-state index in [-0.39, 0.29) is 11.4 Å². The number of piperidine rings is 1. The number of rotatable bonds is 5. The maximum absolute atomic E-state index is 13.2. The Morgan fingerprint density at radius 2 is 1.60 bits per heavy atom. The number of amides is 1. The number of nitrogens with zero attached hydrogens (tertiary/aromatic N) is 2. The van der Waals surface area contributed by atoms with E-state index in [1.807, 2.05) is 47.5 Å². The molecule has 2 aliphatic rings. The lowest BCUT2D eigenvalue weighted by Gasteiger charge is -2.56. The maximum Gasteiger partial charge on any atom is 0.239 e. The van der Waals surface area contributed by atoms with Gasteiger partial charge in [-0.05, 0) is 67.1 Å². The zero-order chi connectivity index (χ0) is 24.2. The summed E-state index contributed by atoms with van der Waals surface area (Å²) in [4.78, 5) is 24.3. The summed E-state index contributed by atoms with van der Waals surface area (Å²) in [6, 6.07) is 11.2. The quantitative estimate of drug-likeness (QED) is 0.350. The first kappa shape index (κ1) is 22.9. The van der Waals surface area contributed by atoms with Crippen LogP contribution in [0.2, 0.25) is 10.0 Å². The molecule has 4 heterocycles. The lowest BCUT2D eigenvalue weighted by molar-refractivity contribution is -0.138. The largest absolute Gasteiger partial charge is 0.361 e. The van der Waals surface area contributed by atoms with E-state index >= 15 is 0 Å². The molecule has 4 N–H and O–H groups in total. The molecule has 0 aliphatic carbocycles. The summed E-state index contributed by atoms with van der Waals surface area (Å²) in [5, 5.41) is 3.71. The van der Waals surface area contributed by atoms with Crippen LogP contribution in [0.25, 0.3) is 21.8 Å². The van der Waals surface area contributed by atoms with Crippen molar-refractivity contribution in [1.29, 1.82) is 0 Å². The third-order valence-electron chi connectivity index (χ3n) is 8.10. The van der Waals surface area contributed by atoms with Gasteiger partial charge < -0.3 is 20.6 Å². The first-order valence-corrected chi connectivity index (χ1v) is 13.0. The SMILES string of the molecule is N[C@@H](Cc1c[nH]c2cc(Cl)ccc12)C(=O)N1CCC2(CC1)CCN2Cc1c[nH]c2ccc(Cl)cc12. The van der Waals surface area contributed by atoms with Crippen molar-refractivity contribution >= 4 is 50.9 Å². The number of aromatic amines is 2. The van der Waals surface area contributed by atoms with Gasteiger partial charge in [-0.1, -0.05) is 29.3 Å². The minimum Gasteiger partial charge on any atom is -0.361 e. The highest BCUT2D eigenvalue weighted by Gasteiger charge is 2.47. The number of benzene rings is 2. The number of hydrogen-bond donors (Lipinski definition) is 3. The molecular formula is C27H29Cl2N5O. The van der Waals surface area contributed by atoms with Gasteiger partial charge >= 0.3 is 0 Å². The second kappa shape index (κ2) is 8.86. The molecule has 0 bridgehead atoms. The Hall–Kier alpha value is -2.51. The normalized spacial score (nSPS) is 18.9. The molecule has 6 nitrogen and oxygen atoms in total. The van der Waals surface area contributed by atoms with E-state index < -0.39 is 6.04 Å². The van der Waals surface area contributed by atoms with E-state index in [2.05, 4.69) is 21.1 Å². The Morgan fingerprint density at radius 3 is 2.37 bits per heavy atom. The fraction of sp³-hybridized carbons (Fsp3) is 0.370. The van der Waals surface area contributed by atoms with Gasteiger partial charge in [0.15, 0.2) is 0 Å². The molecule has 8 heteroatoms. The number of aromatic nitrogens is 2. The first-order chi connectivity index (χ1) is 16.9. The second-order valence-corrected chi connectivity index (χ2v) is 10.9. The van der Waals surface area contributed by atoms with Crippen LogP contribution in [-0.4, -0.2) is 56.9 Å². The first-order valence-electron chi connectivity index (χ1n) is 12.2. The Balaban J connectivity index is 1.08. The van der Waals surface area contributed by atoms with Crippen molar-refractivity contribution in [2.24, 2.45) is 5.73 Å². The standard InChI is InChI=1S/C27H29Cl2N5O/c28-19-2-4-24-22(12-19)18(15-31-24)16-34-10-7-27(34)5-8-33(9-6-27)26(35)23(30)11-17-14-32-25-13-20(29)1-3-21(17)25/h1-4,12-15,23,31-32H,5-11,16,30H2/t23-/m0/s1. The molecule has 0 radical (unpaired) electrons. The number of carbonyl (C=O) groups is 1. The third kappa shape index (κ3) is 4.12. The summed E-state index contributed by atoms with van der Waals surface area (Å²) < 4.78 is 0. The van der Waals surface area contributed by atoms with Gasteiger partial charge in [0, 0.05) is 76.0 Å². The summed E-state index contributed by atoms with van der Waals surface area (Å²) in [6.07, 6.45) is 7.70. The number of nitrogens with one attached hydrogen (secondary N) is 2. The summed E-state index contributed by atoms with van der Waals surface area (Å²) >= 11 is 12.3. The van der Waals surface area contributed by atoms with Crippen LogP contribution in [0.5, 0.6) is 0 Å². The molecule has 1 spiro atoms. The summed E-state index contributed by atoms with van der Waals surface area (Å²) in [5.41, 5.74) is 11.0. The molecule has 2 aromatic heterocycles. The van der Waals surface area contributed by atoms with Gasteiger partial charge in [0.1, 0.15) is 0 Å². The average molecular weight is 510 g/mol. The number of nitrogens with two attached hydrogens (primary N) is 1. The third-order valence-corrected chi connectivity index (χ3v) is 8.57. The summed E-state index contributed by atoms with van der Waals surface area (Å²) in [5.74, 6) is 0.0420. The van der Waals surface area contributed by atoms with E-state index in [4.69, 9.17) is 28.9 Å². The minimum atomic E-state index is -0.549. The van der Waals surface area contributed by atoms with Crippen molar-refractivity contribution in [3.05, 3.63) is 70.0 Å².